The number of unbranched alkanes of at least 4 members (excludes halogenated alkanes) is 1. The van der Waals surface area contributed by atoms with Gasteiger partial charge >= 0.3 is 0 Å². The molecule has 0 atom stereocenters. The van der Waals surface area contributed by atoms with Crippen molar-refractivity contribution in [3.05, 3.63) is 29.8 Å². The summed E-state index contributed by atoms with van der Waals surface area (Å²) in [6.45, 7) is 8.86. The number of likely N-dealkylation sites (N-methyl/N-ethyl adjacent to an activating group) is 1. The minimum Gasteiger partial charge on any atom is -0.357 e. The Bertz CT molecular complexity index is 940. The van der Waals surface area contributed by atoms with E-state index < -0.39 is 0 Å². The maximum Gasteiger partial charge on any atom is 0.224 e. The molecule has 33 heavy (non-hydrogen) atoms. The molecule has 7 heteroatoms. The number of carbonyl (C=O) groups excluding carboxylic acids is 2. The minimum absolute atomic E-state index is 0.0853. The number of carbonyl (C=O) groups is 2. The van der Waals surface area contributed by atoms with E-state index >= 15 is 0 Å². The molecule has 1 aromatic heterocycles. The van der Waals surface area contributed by atoms with Crippen LogP contribution in [-0.2, 0) is 9.59 Å². The summed E-state index contributed by atoms with van der Waals surface area (Å²) in [7, 11) is 2.06. The maximum absolute atomic E-state index is 12.4. The Labute approximate surface area is 197 Å². The third-order valence-corrected chi connectivity index (χ3v) is 6.25. The van der Waals surface area contributed by atoms with Crippen molar-refractivity contribution in [1.29, 1.82) is 0 Å². The molecule has 1 aliphatic heterocycles. The van der Waals surface area contributed by atoms with Gasteiger partial charge in [-0.25, -0.2) is 4.98 Å². The molecule has 2 amide bonds. The van der Waals surface area contributed by atoms with Crippen LogP contribution in [0.15, 0.2) is 24.3 Å². The van der Waals surface area contributed by atoms with Crippen LogP contribution in [0.4, 0.5) is 11.5 Å². The van der Waals surface area contributed by atoms with Gasteiger partial charge in [0.25, 0.3) is 0 Å². The molecule has 0 spiro atoms. The molecule has 2 N–H and O–H groups in total. The Hall–Kier alpha value is -2.67. The quantitative estimate of drug-likeness (QED) is 0.536. The van der Waals surface area contributed by atoms with Gasteiger partial charge in [-0.3, -0.25) is 9.59 Å². The number of anilines is 2. The Kier molecular flexibility index (Phi) is 9.48. The van der Waals surface area contributed by atoms with E-state index in [1.165, 1.54) is 25.7 Å². The maximum atomic E-state index is 12.4. The highest BCUT2D eigenvalue weighted by Gasteiger charge is 2.14. The number of aryl methyl sites for hydroxylation is 1. The molecule has 1 aromatic carbocycles. The van der Waals surface area contributed by atoms with Crippen LogP contribution in [0, 0.1) is 6.92 Å². The third kappa shape index (κ3) is 7.70. The summed E-state index contributed by atoms with van der Waals surface area (Å²) in [6, 6.07) is 7.97. The van der Waals surface area contributed by atoms with Gasteiger partial charge in [-0.1, -0.05) is 13.3 Å². The highest BCUT2D eigenvalue weighted by Crippen LogP contribution is 2.27. The lowest BCUT2D eigenvalue weighted by Gasteiger charge is -2.28. The number of hydrogen-bond acceptors (Lipinski definition) is 5. The lowest BCUT2D eigenvalue weighted by molar-refractivity contribution is -0.124. The fourth-order valence-electron chi connectivity index (χ4n) is 4.20. The van der Waals surface area contributed by atoms with E-state index in [9.17, 15) is 9.59 Å². The molecule has 7 nitrogen and oxygen atoms in total. The van der Waals surface area contributed by atoms with E-state index in [-0.39, 0.29) is 24.7 Å². The first-order valence-electron chi connectivity index (χ1n) is 12.4. The molecular formula is C26H39N5O2. The van der Waals surface area contributed by atoms with Gasteiger partial charge in [0.1, 0.15) is 5.82 Å². The van der Waals surface area contributed by atoms with Crippen molar-refractivity contribution >= 4 is 34.2 Å². The van der Waals surface area contributed by atoms with E-state index in [0.29, 0.717) is 6.54 Å². The lowest BCUT2D eigenvalue weighted by atomic mass is 10.1. The molecule has 0 radical (unpaired) electrons. The standard InChI is InChI=1S/C26H39N5O2/c1-4-5-14-30(3)17-13-27-25(32)11-12-26(33)28-21-9-10-23-22(19-21)20(2)18-24(29-23)31-15-7-6-8-16-31/h9-10,18-19H,4-8,11-17H2,1-3H3,(H,27,32)(H,28,33). The number of piperidine rings is 1. The molecule has 2 heterocycles. The zero-order valence-corrected chi connectivity index (χ0v) is 20.5. The number of rotatable bonds is 11. The fourth-order valence-corrected chi connectivity index (χ4v) is 4.20. The van der Waals surface area contributed by atoms with E-state index in [1.54, 1.807) is 0 Å². The predicted molar refractivity (Wildman–Crippen MR) is 136 cm³/mol. The first kappa shape index (κ1) is 25.0. The first-order chi connectivity index (χ1) is 16.0. The van der Waals surface area contributed by atoms with Crippen molar-refractivity contribution in [2.45, 2.75) is 58.8 Å². The van der Waals surface area contributed by atoms with Gasteiger partial charge in [0.2, 0.25) is 11.8 Å². The predicted octanol–water partition coefficient (Wildman–Crippen LogP) is 4.10. The van der Waals surface area contributed by atoms with E-state index in [4.69, 9.17) is 4.98 Å². The summed E-state index contributed by atoms with van der Waals surface area (Å²) >= 11 is 0. The smallest absolute Gasteiger partial charge is 0.224 e. The summed E-state index contributed by atoms with van der Waals surface area (Å²) in [6.07, 6.45) is 6.42. The second-order valence-corrected chi connectivity index (χ2v) is 9.13. The molecule has 1 fully saturated rings. The number of benzene rings is 1. The lowest BCUT2D eigenvalue weighted by Crippen LogP contribution is -2.33. The normalized spacial score (nSPS) is 14.0. The van der Waals surface area contributed by atoms with Crippen LogP contribution < -0.4 is 15.5 Å². The van der Waals surface area contributed by atoms with Gasteiger partial charge in [0, 0.05) is 50.1 Å². The number of nitrogens with one attached hydrogen (secondary N) is 2. The zero-order chi connectivity index (χ0) is 23.6. The van der Waals surface area contributed by atoms with Gasteiger partial charge in [0.15, 0.2) is 0 Å². The van der Waals surface area contributed by atoms with E-state index in [2.05, 4.69) is 47.4 Å². The number of hydrogen-bond donors (Lipinski definition) is 2. The number of amides is 2. The fraction of sp³-hybridized carbons (Fsp3) is 0.577. The SMILES string of the molecule is CCCCN(C)CCNC(=O)CCC(=O)Nc1ccc2nc(N3CCCCC3)cc(C)c2c1. The Morgan fingerprint density at radius 1 is 1.06 bits per heavy atom. The molecule has 2 aromatic rings. The van der Waals surface area contributed by atoms with Gasteiger partial charge < -0.3 is 20.4 Å². The van der Waals surface area contributed by atoms with Crippen LogP contribution in [0.25, 0.3) is 10.9 Å². The van der Waals surface area contributed by atoms with E-state index in [1.807, 2.05) is 18.2 Å². The summed E-state index contributed by atoms with van der Waals surface area (Å²) in [4.78, 5) is 33.9. The van der Waals surface area contributed by atoms with Crippen molar-refractivity contribution < 1.29 is 9.59 Å². The number of fused-ring (bicyclic) bond motifs is 1. The molecule has 3 rings (SSSR count). The zero-order valence-electron chi connectivity index (χ0n) is 20.5. The minimum atomic E-state index is -0.153. The molecule has 180 valence electrons. The summed E-state index contributed by atoms with van der Waals surface area (Å²) in [5.74, 6) is 0.803. The molecule has 0 unspecified atom stereocenters. The van der Waals surface area contributed by atoms with Gasteiger partial charge in [-0.2, -0.15) is 0 Å². The number of aromatic nitrogens is 1. The number of pyridine rings is 1. The van der Waals surface area contributed by atoms with Crippen LogP contribution in [0.2, 0.25) is 0 Å². The van der Waals surface area contributed by atoms with Crippen LogP contribution in [0.1, 0.15) is 57.4 Å². The van der Waals surface area contributed by atoms with E-state index in [0.717, 1.165) is 60.6 Å². The summed E-state index contributed by atoms with van der Waals surface area (Å²) in [5, 5.41) is 6.87. The highest BCUT2D eigenvalue weighted by atomic mass is 16.2. The highest BCUT2D eigenvalue weighted by molar-refractivity contribution is 5.96. The van der Waals surface area contributed by atoms with Gasteiger partial charge in [-0.15, -0.1) is 0 Å². The Morgan fingerprint density at radius 2 is 1.82 bits per heavy atom. The van der Waals surface area contributed by atoms with Gasteiger partial charge in [-0.05, 0) is 76.0 Å². The van der Waals surface area contributed by atoms with Crippen LogP contribution in [0.3, 0.4) is 0 Å². The molecule has 0 aliphatic carbocycles. The second-order valence-electron chi connectivity index (χ2n) is 9.13. The topological polar surface area (TPSA) is 77.6 Å². The largest absolute Gasteiger partial charge is 0.357 e. The first-order valence-corrected chi connectivity index (χ1v) is 12.4. The average molecular weight is 454 g/mol. The van der Waals surface area contributed by atoms with Crippen molar-refractivity contribution in [3.63, 3.8) is 0 Å². The van der Waals surface area contributed by atoms with Gasteiger partial charge in [0.05, 0.1) is 5.52 Å². The summed E-state index contributed by atoms with van der Waals surface area (Å²) in [5.41, 5.74) is 2.83. The molecular weight excluding hydrogens is 414 g/mol. The molecule has 1 saturated heterocycles. The third-order valence-electron chi connectivity index (χ3n) is 6.25. The van der Waals surface area contributed by atoms with Crippen molar-refractivity contribution in [2.75, 3.05) is 50.0 Å². The van der Waals surface area contributed by atoms with Crippen LogP contribution in [-0.4, -0.2) is 61.5 Å². The second kappa shape index (κ2) is 12.5. The molecule has 0 bridgehead atoms. The van der Waals surface area contributed by atoms with Crippen molar-refractivity contribution in [2.24, 2.45) is 0 Å². The Balaban J connectivity index is 1.48. The average Bonchev–Trinajstić information content (AvgIpc) is 2.82. The molecule has 0 saturated carbocycles. The van der Waals surface area contributed by atoms with Crippen molar-refractivity contribution in [3.8, 4) is 0 Å². The van der Waals surface area contributed by atoms with Crippen molar-refractivity contribution in [1.82, 2.24) is 15.2 Å². The van der Waals surface area contributed by atoms with Crippen LogP contribution >= 0.6 is 0 Å². The molecule has 1 aliphatic rings. The monoisotopic (exact) mass is 453 g/mol. The summed E-state index contributed by atoms with van der Waals surface area (Å²) < 4.78 is 0. The Morgan fingerprint density at radius 3 is 2.58 bits per heavy atom. The van der Waals surface area contributed by atoms with Crippen LogP contribution in [0.5, 0.6) is 0 Å². The number of nitrogens with zero attached hydrogens (tertiary/aromatic N) is 3.